The predicted octanol–water partition coefficient (Wildman–Crippen LogP) is 4.31. The normalized spacial score (nSPS) is 11.2. The van der Waals surface area contributed by atoms with E-state index in [1.807, 2.05) is 26.8 Å². The third kappa shape index (κ3) is 5.84. The number of carbonyl (C=O) groups is 2. The summed E-state index contributed by atoms with van der Waals surface area (Å²) in [5, 5.41) is 1.37. The molecule has 0 fully saturated rings. The third-order valence-corrected chi connectivity index (χ3v) is 3.81. The third-order valence-electron chi connectivity index (χ3n) is 3.81. The minimum absolute atomic E-state index is 0.256. The number of rotatable bonds is 5. The summed E-state index contributed by atoms with van der Waals surface area (Å²) in [7, 11) is 0. The van der Waals surface area contributed by atoms with Crippen LogP contribution in [0.1, 0.15) is 55.3 Å². The Bertz CT molecular complexity index is 762. The highest BCUT2D eigenvalue weighted by Gasteiger charge is 2.29. The Balaban J connectivity index is 2.13. The van der Waals surface area contributed by atoms with Crippen molar-refractivity contribution in [3.05, 3.63) is 65.7 Å². The second-order valence-electron chi connectivity index (χ2n) is 7.85. The van der Waals surface area contributed by atoms with E-state index in [1.165, 1.54) is 5.01 Å². The summed E-state index contributed by atoms with van der Waals surface area (Å²) in [4.78, 5) is 25.5. The zero-order valence-electron chi connectivity index (χ0n) is 16.7. The molecule has 5 heteroatoms. The fraction of sp³-hybridized carbons (Fsp3) is 0.364. The van der Waals surface area contributed by atoms with Crippen molar-refractivity contribution in [1.82, 2.24) is 10.4 Å². The smallest absolute Gasteiger partial charge is 0.272 e. The fourth-order valence-corrected chi connectivity index (χ4v) is 2.36. The SMILES string of the molecule is CC(C)COc1ccc(C(=O)NN(C(=O)c2ccccc2)C(C)(C)C)cc1. The average molecular weight is 368 g/mol. The second kappa shape index (κ2) is 8.71. The van der Waals surface area contributed by atoms with Crippen LogP contribution >= 0.6 is 0 Å². The molecule has 0 aromatic heterocycles. The second-order valence-corrected chi connectivity index (χ2v) is 7.85. The van der Waals surface area contributed by atoms with Gasteiger partial charge < -0.3 is 4.74 Å². The quantitative estimate of drug-likeness (QED) is 0.800. The highest BCUT2D eigenvalue weighted by atomic mass is 16.5. The molecule has 1 N–H and O–H groups in total. The molecule has 5 nitrogen and oxygen atoms in total. The summed E-state index contributed by atoms with van der Waals surface area (Å²) in [6.45, 7) is 10.4. The van der Waals surface area contributed by atoms with E-state index in [4.69, 9.17) is 4.74 Å². The Labute approximate surface area is 161 Å². The summed E-state index contributed by atoms with van der Waals surface area (Å²) in [6, 6.07) is 15.8. The van der Waals surface area contributed by atoms with Gasteiger partial charge in [0, 0.05) is 11.1 Å². The Kier molecular flexibility index (Phi) is 6.61. The number of carbonyl (C=O) groups excluding carboxylic acids is 2. The van der Waals surface area contributed by atoms with Crippen LogP contribution in [0.4, 0.5) is 0 Å². The molecule has 0 saturated carbocycles. The number of hydrogen-bond acceptors (Lipinski definition) is 3. The first-order valence-electron chi connectivity index (χ1n) is 9.12. The number of hydrogen-bond donors (Lipinski definition) is 1. The standard InChI is InChI=1S/C22H28N2O3/c1-16(2)15-27-19-13-11-17(12-14-19)20(25)23-24(22(3,4)5)21(26)18-9-7-6-8-10-18/h6-14,16H,15H2,1-5H3,(H,23,25). The van der Waals surface area contributed by atoms with Gasteiger partial charge in [-0.15, -0.1) is 0 Å². The lowest BCUT2D eigenvalue weighted by Crippen LogP contribution is -2.55. The molecule has 2 amide bonds. The fourth-order valence-electron chi connectivity index (χ4n) is 2.36. The largest absolute Gasteiger partial charge is 0.493 e. The van der Waals surface area contributed by atoms with Crippen molar-refractivity contribution in [1.29, 1.82) is 0 Å². The van der Waals surface area contributed by atoms with Crippen LogP contribution in [-0.2, 0) is 0 Å². The van der Waals surface area contributed by atoms with Gasteiger partial charge in [0.1, 0.15) is 5.75 Å². The van der Waals surface area contributed by atoms with E-state index in [0.717, 1.165) is 0 Å². The lowest BCUT2D eigenvalue weighted by molar-refractivity contribution is 0.0358. The first kappa shape index (κ1) is 20.5. The molecule has 27 heavy (non-hydrogen) atoms. The van der Waals surface area contributed by atoms with Crippen LogP contribution < -0.4 is 10.2 Å². The molecule has 0 atom stereocenters. The van der Waals surface area contributed by atoms with Crippen molar-refractivity contribution >= 4 is 11.8 Å². The molecule has 0 heterocycles. The van der Waals surface area contributed by atoms with Gasteiger partial charge in [-0.2, -0.15) is 0 Å². The Morgan fingerprint density at radius 2 is 1.56 bits per heavy atom. The topological polar surface area (TPSA) is 58.6 Å². The van der Waals surface area contributed by atoms with E-state index in [2.05, 4.69) is 19.3 Å². The Morgan fingerprint density at radius 1 is 0.963 bits per heavy atom. The van der Waals surface area contributed by atoms with Crippen LogP contribution in [0.3, 0.4) is 0 Å². The molecule has 0 bridgehead atoms. The minimum Gasteiger partial charge on any atom is -0.493 e. The predicted molar refractivity (Wildman–Crippen MR) is 107 cm³/mol. The van der Waals surface area contributed by atoms with Crippen LogP contribution in [0.2, 0.25) is 0 Å². The summed E-state index contributed by atoms with van der Waals surface area (Å²) < 4.78 is 5.64. The Morgan fingerprint density at radius 3 is 2.07 bits per heavy atom. The van der Waals surface area contributed by atoms with Gasteiger partial charge in [0.2, 0.25) is 0 Å². The first-order valence-corrected chi connectivity index (χ1v) is 9.12. The molecule has 0 aliphatic carbocycles. The van der Waals surface area contributed by atoms with Crippen molar-refractivity contribution in [3.63, 3.8) is 0 Å². The van der Waals surface area contributed by atoms with E-state index < -0.39 is 5.54 Å². The molecule has 2 rings (SSSR count). The molecule has 0 aliphatic rings. The molecule has 0 unspecified atom stereocenters. The minimum atomic E-state index is -0.580. The van der Waals surface area contributed by atoms with E-state index in [-0.39, 0.29) is 11.8 Å². The maximum absolute atomic E-state index is 12.9. The van der Waals surface area contributed by atoms with Crippen LogP contribution in [-0.4, -0.2) is 29.0 Å². The number of amides is 2. The summed E-state index contributed by atoms with van der Waals surface area (Å²) in [6.07, 6.45) is 0. The van der Waals surface area contributed by atoms with E-state index in [9.17, 15) is 9.59 Å². The molecule has 2 aromatic rings. The van der Waals surface area contributed by atoms with Crippen molar-refractivity contribution in [3.8, 4) is 5.75 Å². The van der Waals surface area contributed by atoms with E-state index in [0.29, 0.717) is 29.4 Å². The first-order chi connectivity index (χ1) is 12.7. The summed E-state index contributed by atoms with van der Waals surface area (Å²) >= 11 is 0. The van der Waals surface area contributed by atoms with Crippen molar-refractivity contribution in [2.24, 2.45) is 5.92 Å². The zero-order chi connectivity index (χ0) is 20.0. The molecular formula is C22H28N2O3. The maximum Gasteiger partial charge on any atom is 0.272 e. The lowest BCUT2D eigenvalue weighted by Gasteiger charge is -2.35. The van der Waals surface area contributed by atoms with Gasteiger partial charge >= 0.3 is 0 Å². The molecule has 2 aromatic carbocycles. The van der Waals surface area contributed by atoms with Crippen molar-refractivity contribution in [2.75, 3.05) is 6.61 Å². The number of benzene rings is 2. The van der Waals surface area contributed by atoms with Crippen LogP contribution in [0, 0.1) is 5.92 Å². The summed E-state index contributed by atoms with van der Waals surface area (Å²) in [5.41, 5.74) is 3.14. The average Bonchev–Trinajstić information content (AvgIpc) is 2.64. The maximum atomic E-state index is 12.9. The van der Waals surface area contributed by atoms with Gasteiger partial charge in [-0.05, 0) is 63.1 Å². The summed E-state index contributed by atoms with van der Waals surface area (Å²) in [5.74, 6) is 0.545. The lowest BCUT2D eigenvalue weighted by atomic mass is 10.1. The molecule has 0 aliphatic heterocycles. The van der Waals surface area contributed by atoms with Gasteiger partial charge in [0.15, 0.2) is 0 Å². The van der Waals surface area contributed by atoms with Gasteiger partial charge in [-0.3, -0.25) is 15.0 Å². The number of nitrogens with zero attached hydrogens (tertiary/aromatic N) is 1. The van der Waals surface area contributed by atoms with Gasteiger partial charge in [-0.25, -0.2) is 5.01 Å². The van der Waals surface area contributed by atoms with Crippen LogP contribution in [0.5, 0.6) is 5.75 Å². The van der Waals surface area contributed by atoms with E-state index in [1.54, 1.807) is 48.5 Å². The molecule has 0 saturated heterocycles. The number of nitrogens with one attached hydrogen (secondary N) is 1. The van der Waals surface area contributed by atoms with Crippen molar-refractivity contribution < 1.29 is 14.3 Å². The monoisotopic (exact) mass is 368 g/mol. The molecule has 144 valence electrons. The van der Waals surface area contributed by atoms with Crippen LogP contribution in [0.15, 0.2) is 54.6 Å². The Hall–Kier alpha value is -2.82. The molecule has 0 spiro atoms. The highest BCUT2D eigenvalue weighted by molar-refractivity contribution is 5.99. The van der Waals surface area contributed by atoms with E-state index >= 15 is 0 Å². The van der Waals surface area contributed by atoms with Crippen LogP contribution in [0.25, 0.3) is 0 Å². The van der Waals surface area contributed by atoms with Crippen molar-refractivity contribution in [2.45, 2.75) is 40.2 Å². The highest BCUT2D eigenvalue weighted by Crippen LogP contribution is 2.17. The molecule has 0 radical (unpaired) electrons. The molecular weight excluding hydrogens is 340 g/mol. The zero-order valence-corrected chi connectivity index (χ0v) is 16.7. The van der Waals surface area contributed by atoms with Gasteiger partial charge in [0.05, 0.1) is 12.1 Å². The number of hydrazine groups is 1. The number of ether oxygens (including phenoxy) is 1. The van der Waals surface area contributed by atoms with Gasteiger partial charge in [-0.1, -0.05) is 32.0 Å². The van der Waals surface area contributed by atoms with Gasteiger partial charge in [0.25, 0.3) is 11.8 Å².